The summed E-state index contributed by atoms with van der Waals surface area (Å²) in [5, 5.41) is 11.9. The molecule has 2 rings (SSSR count). The molecule has 0 spiro atoms. The van der Waals surface area contributed by atoms with Gasteiger partial charge in [0.05, 0.1) is 0 Å². The number of carboxylic acid groups (broad SMARTS) is 1. The summed E-state index contributed by atoms with van der Waals surface area (Å²) in [5.41, 5.74) is 2.47. The van der Waals surface area contributed by atoms with Crippen molar-refractivity contribution in [1.82, 2.24) is 5.32 Å². The quantitative estimate of drug-likeness (QED) is 0.732. The lowest BCUT2D eigenvalue weighted by atomic mass is 10.1. The molecule has 0 heterocycles. The predicted molar refractivity (Wildman–Crippen MR) is 81.4 cm³/mol. The van der Waals surface area contributed by atoms with Crippen molar-refractivity contribution in [2.75, 3.05) is 13.2 Å². The summed E-state index contributed by atoms with van der Waals surface area (Å²) in [7, 11) is 0. The van der Waals surface area contributed by atoms with Crippen molar-refractivity contribution in [3.63, 3.8) is 0 Å². The van der Waals surface area contributed by atoms with Gasteiger partial charge in [0.15, 0.2) is 6.61 Å². The third-order valence-electron chi connectivity index (χ3n) is 3.05. The van der Waals surface area contributed by atoms with Crippen molar-refractivity contribution in [2.24, 2.45) is 0 Å². The maximum Gasteiger partial charge on any atom is 0.341 e. The number of aliphatic carboxylic acids is 1. The van der Waals surface area contributed by atoms with Gasteiger partial charge in [-0.1, -0.05) is 42.5 Å². The van der Waals surface area contributed by atoms with Gasteiger partial charge in [-0.2, -0.15) is 0 Å². The molecule has 110 valence electrons. The van der Waals surface area contributed by atoms with Crippen LogP contribution in [0.2, 0.25) is 0 Å². The van der Waals surface area contributed by atoms with Gasteiger partial charge in [0, 0.05) is 6.54 Å². The van der Waals surface area contributed by atoms with Crippen molar-refractivity contribution < 1.29 is 14.6 Å². The molecule has 21 heavy (non-hydrogen) atoms. The first-order valence-corrected chi connectivity index (χ1v) is 6.92. The van der Waals surface area contributed by atoms with Gasteiger partial charge in [-0.15, -0.1) is 0 Å². The number of carbonyl (C=O) groups is 1. The van der Waals surface area contributed by atoms with Gasteiger partial charge in [-0.25, -0.2) is 4.79 Å². The molecule has 0 radical (unpaired) electrons. The first-order valence-electron chi connectivity index (χ1n) is 6.92. The van der Waals surface area contributed by atoms with Crippen molar-refractivity contribution >= 4 is 5.97 Å². The summed E-state index contributed by atoms with van der Waals surface area (Å²) >= 11 is 0. The topological polar surface area (TPSA) is 58.6 Å². The average molecular weight is 285 g/mol. The van der Waals surface area contributed by atoms with Crippen LogP contribution in [0.4, 0.5) is 0 Å². The van der Waals surface area contributed by atoms with Crippen LogP contribution in [-0.4, -0.2) is 24.2 Å². The number of nitrogens with one attached hydrogen (secondary N) is 1. The number of ether oxygens (including phenoxy) is 1. The first-order chi connectivity index (χ1) is 10.2. The third kappa shape index (κ3) is 5.67. The van der Waals surface area contributed by atoms with Gasteiger partial charge in [0.25, 0.3) is 0 Å². The largest absolute Gasteiger partial charge is 0.482 e. The molecule has 0 aliphatic carbocycles. The van der Waals surface area contributed by atoms with E-state index in [0.29, 0.717) is 5.75 Å². The first kappa shape index (κ1) is 15.1. The lowest BCUT2D eigenvalue weighted by Crippen LogP contribution is -2.16. The molecular formula is C17H19NO3. The zero-order valence-electron chi connectivity index (χ0n) is 11.8. The fraction of sp³-hybridized carbons (Fsp3) is 0.235. The van der Waals surface area contributed by atoms with E-state index in [1.54, 1.807) is 12.1 Å². The van der Waals surface area contributed by atoms with Crippen LogP contribution in [0.5, 0.6) is 5.75 Å². The van der Waals surface area contributed by atoms with Gasteiger partial charge in [-0.3, -0.25) is 0 Å². The molecule has 0 amide bonds. The number of carboxylic acids is 1. The molecule has 2 aromatic carbocycles. The molecule has 2 aromatic rings. The molecule has 0 saturated heterocycles. The molecular weight excluding hydrogens is 266 g/mol. The summed E-state index contributed by atoms with van der Waals surface area (Å²) in [6.07, 6.45) is 0.923. The van der Waals surface area contributed by atoms with E-state index in [1.807, 2.05) is 30.3 Å². The fourth-order valence-corrected chi connectivity index (χ4v) is 1.96. The van der Waals surface area contributed by atoms with Crippen molar-refractivity contribution in [2.45, 2.75) is 13.0 Å². The van der Waals surface area contributed by atoms with Gasteiger partial charge in [0.1, 0.15) is 5.75 Å². The smallest absolute Gasteiger partial charge is 0.341 e. The monoisotopic (exact) mass is 285 g/mol. The van der Waals surface area contributed by atoms with E-state index in [2.05, 4.69) is 17.4 Å². The highest BCUT2D eigenvalue weighted by atomic mass is 16.5. The Balaban J connectivity index is 1.70. The molecule has 0 aliphatic heterocycles. The second kappa shape index (κ2) is 8.07. The van der Waals surface area contributed by atoms with E-state index in [4.69, 9.17) is 9.84 Å². The highest BCUT2D eigenvalue weighted by Gasteiger charge is 1.99. The second-order valence-electron chi connectivity index (χ2n) is 4.74. The Morgan fingerprint density at radius 2 is 1.71 bits per heavy atom. The number of hydrogen-bond acceptors (Lipinski definition) is 3. The van der Waals surface area contributed by atoms with Crippen LogP contribution in [0.25, 0.3) is 0 Å². The van der Waals surface area contributed by atoms with Crippen LogP contribution in [0.3, 0.4) is 0 Å². The SMILES string of the molecule is O=C(O)COc1ccc(CCNCc2ccccc2)cc1. The molecule has 0 fully saturated rings. The van der Waals surface area contributed by atoms with E-state index in [1.165, 1.54) is 11.1 Å². The second-order valence-corrected chi connectivity index (χ2v) is 4.74. The lowest BCUT2D eigenvalue weighted by Gasteiger charge is -2.07. The van der Waals surface area contributed by atoms with E-state index < -0.39 is 5.97 Å². The Morgan fingerprint density at radius 3 is 2.38 bits per heavy atom. The van der Waals surface area contributed by atoms with E-state index in [9.17, 15) is 4.79 Å². The van der Waals surface area contributed by atoms with Crippen LogP contribution in [0.15, 0.2) is 54.6 Å². The molecule has 0 atom stereocenters. The molecule has 0 bridgehead atoms. The van der Waals surface area contributed by atoms with Crippen molar-refractivity contribution in [3.8, 4) is 5.75 Å². The highest BCUT2D eigenvalue weighted by Crippen LogP contribution is 2.12. The lowest BCUT2D eigenvalue weighted by molar-refractivity contribution is -0.139. The molecule has 4 heteroatoms. The molecule has 0 aromatic heterocycles. The number of rotatable bonds is 8. The number of hydrogen-bond donors (Lipinski definition) is 2. The summed E-state index contributed by atoms with van der Waals surface area (Å²) < 4.78 is 5.09. The van der Waals surface area contributed by atoms with Crippen LogP contribution in [0.1, 0.15) is 11.1 Å². The highest BCUT2D eigenvalue weighted by molar-refractivity contribution is 5.68. The predicted octanol–water partition coefficient (Wildman–Crippen LogP) is 2.48. The van der Waals surface area contributed by atoms with E-state index in [0.717, 1.165) is 19.5 Å². The molecule has 4 nitrogen and oxygen atoms in total. The van der Waals surface area contributed by atoms with Gasteiger partial charge >= 0.3 is 5.97 Å². The Kier molecular flexibility index (Phi) is 5.79. The Hall–Kier alpha value is -2.33. The summed E-state index contributed by atoms with van der Waals surface area (Å²) in [6, 6.07) is 17.8. The maximum absolute atomic E-state index is 10.4. The van der Waals surface area contributed by atoms with E-state index in [-0.39, 0.29) is 6.61 Å². The van der Waals surface area contributed by atoms with Gasteiger partial charge in [-0.05, 0) is 36.2 Å². The minimum absolute atomic E-state index is 0.308. The minimum Gasteiger partial charge on any atom is -0.482 e. The Labute approximate surface area is 124 Å². The number of benzene rings is 2. The zero-order chi connectivity index (χ0) is 14.9. The molecule has 0 unspecified atom stereocenters. The van der Waals surface area contributed by atoms with Gasteiger partial charge < -0.3 is 15.2 Å². The molecule has 0 aliphatic rings. The van der Waals surface area contributed by atoms with Crippen LogP contribution < -0.4 is 10.1 Å². The zero-order valence-corrected chi connectivity index (χ0v) is 11.8. The Morgan fingerprint density at radius 1 is 1.00 bits per heavy atom. The minimum atomic E-state index is -0.968. The molecule has 0 saturated carbocycles. The fourth-order valence-electron chi connectivity index (χ4n) is 1.96. The Bertz CT molecular complexity index is 552. The summed E-state index contributed by atoms with van der Waals surface area (Å²) in [4.78, 5) is 10.4. The summed E-state index contributed by atoms with van der Waals surface area (Å²) in [6.45, 7) is 1.45. The summed E-state index contributed by atoms with van der Waals surface area (Å²) in [5.74, 6) is -0.386. The van der Waals surface area contributed by atoms with Crippen molar-refractivity contribution in [1.29, 1.82) is 0 Å². The van der Waals surface area contributed by atoms with Crippen LogP contribution in [-0.2, 0) is 17.8 Å². The third-order valence-corrected chi connectivity index (χ3v) is 3.05. The maximum atomic E-state index is 10.4. The normalized spacial score (nSPS) is 10.3. The van der Waals surface area contributed by atoms with Crippen LogP contribution in [0, 0.1) is 0 Å². The van der Waals surface area contributed by atoms with E-state index >= 15 is 0 Å². The average Bonchev–Trinajstić information content (AvgIpc) is 2.52. The van der Waals surface area contributed by atoms with Crippen LogP contribution >= 0.6 is 0 Å². The standard InChI is InChI=1S/C17H19NO3/c19-17(20)13-21-16-8-6-14(7-9-16)10-11-18-12-15-4-2-1-3-5-15/h1-9,18H,10-13H2,(H,19,20). The molecule has 2 N–H and O–H groups in total. The van der Waals surface area contributed by atoms with Gasteiger partial charge in [0.2, 0.25) is 0 Å². The van der Waals surface area contributed by atoms with Crippen molar-refractivity contribution in [3.05, 3.63) is 65.7 Å².